The molecule has 1 aliphatic rings. The number of hydrogen-bond acceptors (Lipinski definition) is 4. The van der Waals surface area contributed by atoms with Gasteiger partial charge in [0.2, 0.25) is 0 Å². The first-order valence-corrected chi connectivity index (χ1v) is 9.29. The molecule has 4 rings (SSSR count). The summed E-state index contributed by atoms with van der Waals surface area (Å²) in [5.74, 6) is -1.75. The first kappa shape index (κ1) is 18.8. The fourth-order valence-corrected chi connectivity index (χ4v) is 3.20. The van der Waals surface area contributed by atoms with E-state index < -0.39 is 23.1 Å². The van der Waals surface area contributed by atoms with Crippen molar-refractivity contribution in [3.8, 4) is 29.0 Å². The molecular formula is C22H17F2N3O2. The smallest absolute Gasteiger partial charge is 0.298 e. The predicted molar refractivity (Wildman–Crippen MR) is 103 cm³/mol. The maximum atomic E-state index is 14.6. The van der Waals surface area contributed by atoms with Gasteiger partial charge in [0.05, 0.1) is 17.9 Å². The molecule has 1 saturated carbocycles. The second kappa shape index (κ2) is 7.47. The summed E-state index contributed by atoms with van der Waals surface area (Å²) in [5, 5.41) is 8.95. The Morgan fingerprint density at radius 1 is 1.21 bits per heavy atom. The summed E-state index contributed by atoms with van der Waals surface area (Å²) in [6, 6.07) is 12.8. The van der Waals surface area contributed by atoms with Crippen molar-refractivity contribution in [2.24, 2.45) is 0 Å². The highest BCUT2D eigenvalue weighted by Crippen LogP contribution is 2.40. The Morgan fingerprint density at radius 3 is 2.52 bits per heavy atom. The molecule has 146 valence electrons. The largest absolute Gasteiger partial charge is 0.476 e. The van der Waals surface area contributed by atoms with Crippen molar-refractivity contribution in [1.29, 1.82) is 5.26 Å². The Hall–Kier alpha value is -3.53. The number of halogens is 2. The normalized spacial score (nSPS) is 13.2. The number of hydrogen-bond donors (Lipinski definition) is 0. The molecule has 0 atom stereocenters. The maximum absolute atomic E-state index is 14.6. The second-order valence-electron chi connectivity index (χ2n) is 6.80. The highest BCUT2D eigenvalue weighted by atomic mass is 19.1. The van der Waals surface area contributed by atoms with Gasteiger partial charge in [-0.15, -0.1) is 0 Å². The van der Waals surface area contributed by atoms with Crippen molar-refractivity contribution < 1.29 is 13.5 Å². The molecule has 1 heterocycles. The third-order valence-corrected chi connectivity index (χ3v) is 4.83. The Labute approximate surface area is 165 Å². The van der Waals surface area contributed by atoms with E-state index in [0.29, 0.717) is 11.6 Å². The molecule has 0 spiro atoms. The number of nitrogens with zero attached hydrogens (tertiary/aromatic N) is 3. The van der Waals surface area contributed by atoms with Gasteiger partial charge in [-0.25, -0.2) is 4.39 Å². The first-order valence-electron chi connectivity index (χ1n) is 9.29. The van der Waals surface area contributed by atoms with Crippen molar-refractivity contribution in [3.63, 3.8) is 0 Å². The van der Waals surface area contributed by atoms with E-state index in [-0.39, 0.29) is 23.6 Å². The van der Waals surface area contributed by atoms with E-state index in [2.05, 4.69) is 4.98 Å². The van der Waals surface area contributed by atoms with Crippen LogP contribution in [0.3, 0.4) is 0 Å². The van der Waals surface area contributed by atoms with Crippen LogP contribution >= 0.6 is 0 Å². The third kappa shape index (κ3) is 3.49. The molecule has 1 aliphatic carbocycles. The lowest BCUT2D eigenvalue weighted by molar-refractivity contribution is 0.304. The van der Waals surface area contributed by atoms with E-state index in [1.165, 1.54) is 12.1 Å². The Morgan fingerprint density at radius 2 is 1.93 bits per heavy atom. The average molecular weight is 393 g/mol. The summed E-state index contributed by atoms with van der Waals surface area (Å²) >= 11 is 0. The molecule has 0 radical (unpaired) electrons. The standard InChI is InChI=1S/C22H17F2N3O2/c1-2-29-21-19(24)22(28)27(17-9-7-14(8-10-17)13-3-4-13)20(26-21)15-5-6-16(12-25)18(23)11-15/h5-11,13H,2-4H2,1H3. The summed E-state index contributed by atoms with van der Waals surface area (Å²) in [6.07, 6.45) is 2.27. The second-order valence-corrected chi connectivity index (χ2v) is 6.80. The minimum absolute atomic E-state index is 0.0300. The summed E-state index contributed by atoms with van der Waals surface area (Å²) < 4.78 is 35.1. The zero-order valence-corrected chi connectivity index (χ0v) is 15.7. The molecule has 1 fully saturated rings. The van der Waals surface area contributed by atoms with Crippen molar-refractivity contribution >= 4 is 0 Å². The van der Waals surface area contributed by atoms with E-state index in [4.69, 9.17) is 10.00 Å². The zero-order chi connectivity index (χ0) is 20.5. The van der Waals surface area contributed by atoms with Crippen LogP contribution in [0.2, 0.25) is 0 Å². The van der Waals surface area contributed by atoms with E-state index in [1.54, 1.807) is 25.1 Å². The minimum atomic E-state index is -1.11. The van der Waals surface area contributed by atoms with E-state index in [1.807, 2.05) is 12.1 Å². The molecular weight excluding hydrogens is 376 g/mol. The van der Waals surface area contributed by atoms with Gasteiger partial charge in [-0.2, -0.15) is 14.6 Å². The fourth-order valence-electron chi connectivity index (χ4n) is 3.20. The minimum Gasteiger partial charge on any atom is -0.476 e. The van der Waals surface area contributed by atoms with Gasteiger partial charge in [0.15, 0.2) is 5.82 Å². The monoisotopic (exact) mass is 393 g/mol. The van der Waals surface area contributed by atoms with Gasteiger partial charge >= 0.3 is 0 Å². The molecule has 0 bridgehead atoms. The quantitative estimate of drug-likeness (QED) is 0.647. The number of ether oxygens (including phenoxy) is 1. The molecule has 0 amide bonds. The third-order valence-electron chi connectivity index (χ3n) is 4.83. The van der Waals surface area contributed by atoms with Gasteiger partial charge in [0.1, 0.15) is 11.9 Å². The molecule has 5 nitrogen and oxygen atoms in total. The lowest BCUT2D eigenvalue weighted by Gasteiger charge is -2.15. The summed E-state index contributed by atoms with van der Waals surface area (Å²) in [7, 11) is 0. The molecule has 1 aromatic heterocycles. The van der Waals surface area contributed by atoms with Crippen LogP contribution in [0.4, 0.5) is 8.78 Å². The highest BCUT2D eigenvalue weighted by molar-refractivity contribution is 5.61. The zero-order valence-electron chi connectivity index (χ0n) is 15.7. The van der Waals surface area contributed by atoms with Crippen molar-refractivity contribution in [2.45, 2.75) is 25.7 Å². The number of rotatable bonds is 5. The topological polar surface area (TPSA) is 67.9 Å². The summed E-state index contributed by atoms with van der Waals surface area (Å²) in [4.78, 5) is 17.0. The van der Waals surface area contributed by atoms with Crippen LogP contribution in [0.15, 0.2) is 47.3 Å². The van der Waals surface area contributed by atoms with E-state index in [9.17, 15) is 13.6 Å². The van der Waals surface area contributed by atoms with Crippen LogP contribution in [0.1, 0.15) is 36.8 Å². The van der Waals surface area contributed by atoms with Crippen LogP contribution < -0.4 is 10.3 Å². The van der Waals surface area contributed by atoms with Gasteiger partial charge in [0.25, 0.3) is 17.3 Å². The Bertz CT molecular complexity index is 1180. The van der Waals surface area contributed by atoms with Gasteiger partial charge in [-0.05, 0) is 61.6 Å². The van der Waals surface area contributed by atoms with Gasteiger partial charge in [-0.1, -0.05) is 12.1 Å². The Kier molecular flexibility index (Phi) is 4.85. The number of benzene rings is 2. The maximum Gasteiger partial charge on any atom is 0.298 e. The SMILES string of the molecule is CCOc1nc(-c2ccc(C#N)c(F)c2)n(-c2ccc(C3CC3)cc2)c(=O)c1F. The Balaban J connectivity index is 1.93. The van der Waals surface area contributed by atoms with Crippen LogP contribution in [-0.2, 0) is 0 Å². The lowest BCUT2D eigenvalue weighted by Crippen LogP contribution is -2.26. The van der Waals surface area contributed by atoms with Crippen LogP contribution in [0.25, 0.3) is 17.1 Å². The molecule has 0 unspecified atom stereocenters. The summed E-state index contributed by atoms with van der Waals surface area (Å²) in [5.41, 5.74) is 0.720. The first-order chi connectivity index (χ1) is 14.0. The van der Waals surface area contributed by atoms with Crippen LogP contribution in [-0.4, -0.2) is 16.2 Å². The molecule has 29 heavy (non-hydrogen) atoms. The molecule has 0 saturated heterocycles. The van der Waals surface area contributed by atoms with E-state index >= 15 is 0 Å². The van der Waals surface area contributed by atoms with Gasteiger partial charge in [0, 0.05) is 5.56 Å². The molecule has 0 aliphatic heterocycles. The van der Waals surface area contributed by atoms with Gasteiger partial charge < -0.3 is 4.74 Å². The van der Waals surface area contributed by atoms with E-state index in [0.717, 1.165) is 29.0 Å². The van der Waals surface area contributed by atoms with Crippen LogP contribution in [0, 0.1) is 23.0 Å². The van der Waals surface area contributed by atoms with Gasteiger partial charge in [-0.3, -0.25) is 9.36 Å². The summed E-state index contributed by atoms with van der Waals surface area (Å²) in [6.45, 7) is 1.76. The highest BCUT2D eigenvalue weighted by Gasteiger charge is 2.24. The number of nitriles is 1. The van der Waals surface area contributed by atoms with Crippen molar-refractivity contribution in [1.82, 2.24) is 9.55 Å². The van der Waals surface area contributed by atoms with Crippen molar-refractivity contribution in [3.05, 3.63) is 75.6 Å². The fraction of sp³-hybridized carbons (Fsp3) is 0.227. The molecule has 7 heteroatoms. The van der Waals surface area contributed by atoms with Crippen molar-refractivity contribution in [2.75, 3.05) is 6.61 Å². The van der Waals surface area contributed by atoms with Crippen LogP contribution in [0.5, 0.6) is 5.88 Å². The molecule has 3 aromatic rings. The number of aromatic nitrogens is 2. The molecule has 2 aromatic carbocycles. The average Bonchev–Trinajstić information content (AvgIpc) is 3.57. The predicted octanol–water partition coefficient (Wildman–Crippen LogP) is 4.33. The molecule has 0 N–H and O–H groups in total. The lowest BCUT2D eigenvalue weighted by atomic mass is 10.1.